The second-order valence-corrected chi connectivity index (χ2v) is 3.55. The molecule has 1 heterocycles. The summed E-state index contributed by atoms with van der Waals surface area (Å²) in [6.45, 7) is 0. The topological polar surface area (TPSA) is 82.0 Å². The van der Waals surface area contributed by atoms with Crippen LogP contribution in [0, 0.1) is 12.2 Å². The van der Waals surface area contributed by atoms with Gasteiger partial charge in [0, 0.05) is 0 Å². The molecule has 0 fully saturated rings. The van der Waals surface area contributed by atoms with E-state index in [2.05, 4.69) is 10.1 Å². The molecule has 17 heavy (non-hydrogen) atoms. The van der Waals surface area contributed by atoms with Gasteiger partial charge in [0.15, 0.2) is 0 Å². The van der Waals surface area contributed by atoms with Crippen LogP contribution in [0.5, 0.6) is 0 Å². The molecule has 0 unspecified atom stereocenters. The van der Waals surface area contributed by atoms with Gasteiger partial charge in [0.05, 0.1) is 11.4 Å². The fraction of sp³-hybridized carbons (Fsp3) is 0. The summed E-state index contributed by atoms with van der Waals surface area (Å²) < 4.78 is 17.8. The molecule has 1 amide bonds. The third-order valence-corrected chi connectivity index (χ3v) is 2.20. The highest BCUT2D eigenvalue weighted by atomic mass is 35.5. The van der Waals surface area contributed by atoms with Crippen LogP contribution >= 0.6 is 11.6 Å². The molecule has 7 heteroatoms. The van der Waals surface area contributed by atoms with Gasteiger partial charge in [-0.1, -0.05) is 22.8 Å². The number of aromatic nitrogens is 2. The lowest BCUT2D eigenvalue weighted by Crippen LogP contribution is -2.12. The minimum atomic E-state index is -0.796. The van der Waals surface area contributed by atoms with Crippen molar-refractivity contribution in [3.8, 4) is 0 Å². The summed E-state index contributed by atoms with van der Waals surface area (Å²) >= 11 is 5.53. The van der Waals surface area contributed by atoms with Crippen LogP contribution in [0.15, 0.2) is 22.7 Å². The second kappa shape index (κ2) is 4.50. The minimum absolute atomic E-state index is 0.0190. The predicted octanol–water partition coefficient (Wildman–Crippen LogP) is 1.56. The molecule has 0 bridgehead atoms. The van der Waals surface area contributed by atoms with Crippen molar-refractivity contribution in [3.05, 3.63) is 52.7 Å². The molecule has 0 saturated carbocycles. The highest BCUT2D eigenvalue weighted by Crippen LogP contribution is 2.18. The Morgan fingerprint density at radius 1 is 1.53 bits per heavy atom. The van der Waals surface area contributed by atoms with Gasteiger partial charge in [0.2, 0.25) is 5.89 Å². The SMILES string of the molecule is NC(=O)c1noc([CH]c2ccc(Cl)c(F)c2)n1. The zero-order chi connectivity index (χ0) is 12.4. The maximum atomic E-state index is 13.1. The van der Waals surface area contributed by atoms with E-state index < -0.39 is 11.7 Å². The summed E-state index contributed by atoms with van der Waals surface area (Å²) in [5, 5.41) is 3.36. The molecule has 2 N–H and O–H groups in total. The number of rotatable bonds is 3. The lowest BCUT2D eigenvalue weighted by atomic mass is 10.1. The van der Waals surface area contributed by atoms with Crippen LogP contribution in [0.2, 0.25) is 5.02 Å². The van der Waals surface area contributed by atoms with Crippen molar-refractivity contribution in [1.82, 2.24) is 10.1 Å². The van der Waals surface area contributed by atoms with Crippen LogP contribution in [-0.2, 0) is 0 Å². The van der Waals surface area contributed by atoms with Gasteiger partial charge in [-0.05, 0) is 17.7 Å². The molecule has 5 nitrogen and oxygen atoms in total. The normalized spacial score (nSPS) is 10.5. The summed E-state index contributed by atoms with van der Waals surface area (Å²) in [5.41, 5.74) is 5.43. The number of benzene rings is 1. The number of hydrogen-bond donors (Lipinski definition) is 1. The summed E-state index contributed by atoms with van der Waals surface area (Å²) in [7, 11) is 0. The number of nitrogens with zero attached hydrogens (tertiary/aromatic N) is 2. The monoisotopic (exact) mass is 254 g/mol. The van der Waals surface area contributed by atoms with Crippen LogP contribution < -0.4 is 5.73 Å². The number of nitrogens with two attached hydrogens (primary N) is 1. The molecular formula is C10H6ClFN3O2. The summed E-state index contributed by atoms with van der Waals surface area (Å²) in [6, 6.07) is 4.17. The summed E-state index contributed by atoms with van der Waals surface area (Å²) in [4.78, 5) is 14.4. The first-order chi connectivity index (χ1) is 8.06. The highest BCUT2D eigenvalue weighted by Gasteiger charge is 2.12. The van der Waals surface area contributed by atoms with Crippen LogP contribution in [0.3, 0.4) is 0 Å². The zero-order valence-corrected chi connectivity index (χ0v) is 9.11. The molecule has 1 aromatic heterocycles. The van der Waals surface area contributed by atoms with Gasteiger partial charge in [-0.15, -0.1) is 0 Å². The predicted molar refractivity (Wildman–Crippen MR) is 56.7 cm³/mol. The van der Waals surface area contributed by atoms with Crippen molar-refractivity contribution in [3.63, 3.8) is 0 Å². The molecule has 0 spiro atoms. The molecule has 1 aromatic carbocycles. The number of hydrogen-bond acceptors (Lipinski definition) is 4. The molecular weight excluding hydrogens is 249 g/mol. The fourth-order valence-electron chi connectivity index (χ4n) is 1.14. The number of carbonyl (C=O) groups is 1. The van der Waals surface area contributed by atoms with Gasteiger partial charge in [-0.3, -0.25) is 4.79 Å². The minimum Gasteiger partial charge on any atom is -0.363 e. The average Bonchev–Trinajstić information content (AvgIpc) is 2.72. The maximum Gasteiger partial charge on any atom is 0.290 e. The summed E-state index contributed by atoms with van der Waals surface area (Å²) in [5.74, 6) is -1.53. The van der Waals surface area contributed by atoms with E-state index in [9.17, 15) is 9.18 Å². The van der Waals surface area contributed by atoms with E-state index in [4.69, 9.17) is 21.9 Å². The Morgan fingerprint density at radius 3 is 2.88 bits per heavy atom. The Morgan fingerprint density at radius 2 is 2.29 bits per heavy atom. The lowest BCUT2D eigenvalue weighted by Gasteiger charge is -1.97. The van der Waals surface area contributed by atoms with E-state index in [-0.39, 0.29) is 16.7 Å². The molecule has 87 valence electrons. The van der Waals surface area contributed by atoms with Gasteiger partial charge < -0.3 is 10.3 Å². The molecule has 2 rings (SSSR count). The Bertz CT molecular complexity index is 570. The van der Waals surface area contributed by atoms with Gasteiger partial charge in [0.1, 0.15) is 5.82 Å². The molecule has 0 aliphatic rings. The van der Waals surface area contributed by atoms with Crippen molar-refractivity contribution < 1.29 is 13.7 Å². The van der Waals surface area contributed by atoms with Crippen LogP contribution in [-0.4, -0.2) is 16.0 Å². The van der Waals surface area contributed by atoms with Crippen LogP contribution in [0.25, 0.3) is 0 Å². The average molecular weight is 255 g/mol. The van der Waals surface area contributed by atoms with E-state index >= 15 is 0 Å². The number of primary amides is 1. The fourth-order valence-corrected chi connectivity index (χ4v) is 1.26. The van der Waals surface area contributed by atoms with Crippen LogP contribution in [0.1, 0.15) is 22.1 Å². The van der Waals surface area contributed by atoms with Gasteiger partial charge in [-0.25, -0.2) is 4.39 Å². The first-order valence-corrected chi connectivity index (χ1v) is 4.87. The van der Waals surface area contributed by atoms with Crippen molar-refractivity contribution in [2.24, 2.45) is 5.73 Å². The van der Waals surface area contributed by atoms with Crippen molar-refractivity contribution in [2.45, 2.75) is 0 Å². The second-order valence-electron chi connectivity index (χ2n) is 3.14. The Kier molecular flexibility index (Phi) is 3.06. The van der Waals surface area contributed by atoms with E-state index in [0.717, 1.165) is 0 Å². The summed E-state index contributed by atoms with van der Waals surface area (Å²) in [6.07, 6.45) is 1.40. The maximum absolute atomic E-state index is 13.1. The lowest BCUT2D eigenvalue weighted by molar-refractivity contribution is 0.0987. The van der Waals surface area contributed by atoms with E-state index in [0.29, 0.717) is 5.56 Å². The Balaban J connectivity index is 2.19. The quantitative estimate of drug-likeness (QED) is 0.901. The first-order valence-electron chi connectivity index (χ1n) is 4.49. The largest absolute Gasteiger partial charge is 0.363 e. The standard InChI is InChI=1S/C10H6ClFN3O2/c11-6-2-1-5(3-7(6)12)4-8-14-10(9(13)16)15-17-8/h1-4H,(H2,13,16). The molecule has 0 aliphatic carbocycles. The first kappa shape index (κ1) is 11.5. The van der Waals surface area contributed by atoms with Crippen molar-refractivity contribution >= 4 is 17.5 Å². The molecule has 2 aromatic rings. The van der Waals surface area contributed by atoms with E-state index in [1.807, 2.05) is 0 Å². The number of halogens is 2. The smallest absolute Gasteiger partial charge is 0.290 e. The third-order valence-electron chi connectivity index (χ3n) is 1.90. The van der Waals surface area contributed by atoms with Crippen LogP contribution in [0.4, 0.5) is 4.39 Å². The zero-order valence-electron chi connectivity index (χ0n) is 8.35. The van der Waals surface area contributed by atoms with Crippen molar-refractivity contribution in [2.75, 3.05) is 0 Å². The Labute approximate surface area is 100 Å². The molecule has 1 radical (unpaired) electrons. The molecule has 0 saturated heterocycles. The van der Waals surface area contributed by atoms with Gasteiger partial charge in [0.25, 0.3) is 11.7 Å². The van der Waals surface area contributed by atoms with Gasteiger partial charge in [-0.2, -0.15) is 4.98 Å². The van der Waals surface area contributed by atoms with Crippen molar-refractivity contribution in [1.29, 1.82) is 0 Å². The van der Waals surface area contributed by atoms with Gasteiger partial charge >= 0.3 is 0 Å². The van der Waals surface area contributed by atoms with E-state index in [1.54, 1.807) is 6.07 Å². The molecule has 0 atom stereocenters. The number of carbonyl (C=O) groups excluding carboxylic acids is 1. The number of amides is 1. The Hall–Kier alpha value is -1.95. The third kappa shape index (κ3) is 2.59. The highest BCUT2D eigenvalue weighted by molar-refractivity contribution is 6.30. The molecule has 0 aliphatic heterocycles. The van der Waals surface area contributed by atoms with E-state index in [1.165, 1.54) is 18.6 Å².